The molecule has 2 rings (SSSR count). The molecule has 0 aliphatic carbocycles. The van der Waals surface area contributed by atoms with Gasteiger partial charge in [0.15, 0.2) is 0 Å². The van der Waals surface area contributed by atoms with E-state index in [0.717, 1.165) is 24.2 Å². The van der Waals surface area contributed by atoms with Crippen LogP contribution in [-0.2, 0) is 6.42 Å². The van der Waals surface area contributed by atoms with Crippen LogP contribution in [0.5, 0.6) is 0 Å². The summed E-state index contributed by atoms with van der Waals surface area (Å²) in [6, 6.07) is 18.8. The highest BCUT2D eigenvalue weighted by Gasteiger charge is 1.98. The molecule has 1 heteroatoms. The second-order valence-corrected chi connectivity index (χ2v) is 4.38. The highest BCUT2D eigenvalue weighted by atomic mass is 14.9. The van der Waals surface area contributed by atoms with Crippen molar-refractivity contribution in [2.45, 2.75) is 13.3 Å². The summed E-state index contributed by atoms with van der Waals surface area (Å²) < 4.78 is 0. The molecule has 0 bridgehead atoms. The van der Waals surface area contributed by atoms with Crippen LogP contribution in [0.25, 0.3) is 5.57 Å². The van der Waals surface area contributed by atoms with E-state index in [-0.39, 0.29) is 0 Å². The Balaban J connectivity index is 1.97. The van der Waals surface area contributed by atoms with Gasteiger partial charge in [0.1, 0.15) is 0 Å². The molecule has 0 atom stereocenters. The fraction of sp³-hybridized carbons (Fsp3) is 0.176. The maximum atomic E-state index is 4.12. The molecular weight excluding hydrogens is 218 g/mol. The summed E-state index contributed by atoms with van der Waals surface area (Å²) in [6.45, 7) is 7.06. The van der Waals surface area contributed by atoms with Gasteiger partial charge in [0.25, 0.3) is 0 Å². The number of rotatable bonds is 5. The lowest BCUT2D eigenvalue weighted by Crippen LogP contribution is -2.03. The lowest BCUT2D eigenvalue weighted by molar-refractivity contribution is 1.14. The Morgan fingerprint density at radius 2 is 1.83 bits per heavy atom. The molecule has 0 saturated carbocycles. The zero-order chi connectivity index (χ0) is 12.8. The van der Waals surface area contributed by atoms with Crippen molar-refractivity contribution in [3.8, 4) is 0 Å². The number of aryl methyl sites for hydroxylation is 1. The summed E-state index contributed by atoms with van der Waals surface area (Å²) in [4.78, 5) is 0. The Bertz CT molecular complexity index is 514. The molecule has 0 amide bonds. The topological polar surface area (TPSA) is 12.0 Å². The SMILES string of the molecule is C=C(CNc1cccc(CC)c1)c1ccccc1. The standard InChI is InChI=1S/C17H19N/c1-3-15-8-7-11-17(12-15)18-13-14(2)16-9-5-4-6-10-16/h4-12,18H,2-3,13H2,1H3. The molecule has 0 aromatic heterocycles. The van der Waals surface area contributed by atoms with E-state index >= 15 is 0 Å². The average molecular weight is 237 g/mol. The number of anilines is 1. The molecule has 0 spiro atoms. The Labute approximate surface area is 109 Å². The van der Waals surface area contributed by atoms with E-state index in [0.29, 0.717) is 0 Å². The van der Waals surface area contributed by atoms with Gasteiger partial charge in [0.05, 0.1) is 0 Å². The first-order chi connectivity index (χ1) is 8.79. The van der Waals surface area contributed by atoms with Crippen molar-refractivity contribution in [2.24, 2.45) is 0 Å². The van der Waals surface area contributed by atoms with Gasteiger partial charge >= 0.3 is 0 Å². The Morgan fingerprint density at radius 1 is 1.06 bits per heavy atom. The predicted molar refractivity (Wildman–Crippen MR) is 79.8 cm³/mol. The summed E-state index contributed by atoms with van der Waals surface area (Å²) in [7, 11) is 0. The van der Waals surface area contributed by atoms with E-state index in [1.165, 1.54) is 11.1 Å². The summed E-state index contributed by atoms with van der Waals surface area (Å²) in [5.41, 5.74) is 4.81. The van der Waals surface area contributed by atoms with Crippen LogP contribution in [0.3, 0.4) is 0 Å². The highest BCUT2D eigenvalue weighted by molar-refractivity contribution is 5.67. The average Bonchev–Trinajstić information content (AvgIpc) is 2.46. The predicted octanol–water partition coefficient (Wildman–Crippen LogP) is 4.37. The smallest absolute Gasteiger partial charge is 0.0400 e. The van der Waals surface area contributed by atoms with Gasteiger partial charge in [-0.25, -0.2) is 0 Å². The summed E-state index contributed by atoms with van der Waals surface area (Å²) in [5, 5.41) is 3.42. The van der Waals surface area contributed by atoms with E-state index < -0.39 is 0 Å². The molecule has 92 valence electrons. The fourth-order valence-electron chi connectivity index (χ4n) is 1.89. The van der Waals surface area contributed by atoms with E-state index in [2.05, 4.69) is 55.2 Å². The molecular formula is C17H19N. The third-order valence-corrected chi connectivity index (χ3v) is 3.02. The quantitative estimate of drug-likeness (QED) is 0.814. The molecule has 1 nitrogen and oxygen atoms in total. The summed E-state index contributed by atoms with van der Waals surface area (Å²) in [5.74, 6) is 0. The highest BCUT2D eigenvalue weighted by Crippen LogP contribution is 2.15. The lowest BCUT2D eigenvalue weighted by atomic mass is 10.1. The maximum absolute atomic E-state index is 4.12. The Hall–Kier alpha value is -2.02. The van der Waals surface area contributed by atoms with Crippen molar-refractivity contribution >= 4 is 11.3 Å². The van der Waals surface area contributed by atoms with Crippen molar-refractivity contribution in [2.75, 3.05) is 11.9 Å². The van der Waals surface area contributed by atoms with Gasteiger partial charge in [0, 0.05) is 12.2 Å². The van der Waals surface area contributed by atoms with Crippen LogP contribution >= 0.6 is 0 Å². The molecule has 18 heavy (non-hydrogen) atoms. The van der Waals surface area contributed by atoms with Gasteiger partial charge in [-0.05, 0) is 35.3 Å². The van der Waals surface area contributed by atoms with Crippen LogP contribution in [-0.4, -0.2) is 6.54 Å². The minimum Gasteiger partial charge on any atom is -0.381 e. The molecule has 0 heterocycles. The number of hydrogen-bond acceptors (Lipinski definition) is 1. The Kier molecular flexibility index (Phi) is 4.19. The summed E-state index contributed by atoms with van der Waals surface area (Å²) >= 11 is 0. The summed E-state index contributed by atoms with van der Waals surface area (Å²) in [6.07, 6.45) is 1.06. The van der Waals surface area contributed by atoms with Gasteiger partial charge < -0.3 is 5.32 Å². The van der Waals surface area contributed by atoms with Crippen LogP contribution in [0, 0.1) is 0 Å². The van der Waals surface area contributed by atoms with E-state index in [4.69, 9.17) is 0 Å². The van der Waals surface area contributed by atoms with E-state index in [9.17, 15) is 0 Å². The first-order valence-electron chi connectivity index (χ1n) is 6.35. The van der Waals surface area contributed by atoms with E-state index in [1.54, 1.807) is 0 Å². The minimum atomic E-state index is 0.775. The molecule has 0 fully saturated rings. The molecule has 0 radical (unpaired) electrons. The monoisotopic (exact) mass is 237 g/mol. The maximum Gasteiger partial charge on any atom is 0.0400 e. The van der Waals surface area contributed by atoms with Crippen LogP contribution in [0.15, 0.2) is 61.2 Å². The van der Waals surface area contributed by atoms with E-state index in [1.807, 2.05) is 18.2 Å². The van der Waals surface area contributed by atoms with Crippen molar-refractivity contribution in [1.29, 1.82) is 0 Å². The first kappa shape index (κ1) is 12.4. The Morgan fingerprint density at radius 3 is 2.56 bits per heavy atom. The fourth-order valence-corrected chi connectivity index (χ4v) is 1.89. The van der Waals surface area contributed by atoms with Gasteiger partial charge in [-0.1, -0.05) is 56.0 Å². The molecule has 1 N–H and O–H groups in total. The third-order valence-electron chi connectivity index (χ3n) is 3.02. The molecule has 0 aliphatic rings. The zero-order valence-corrected chi connectivity index (χ0v) is 10.8. The molecule has 2 aromatic carbocycles. The second-order valence-electron chi connectivity index (χ2n) is 4.38. The normalized spacial score (nSPS) is 10.1. The van der Waals surface area contributed by atoms with Crippen molar-refractivity contribution < 1.29 is 0 Å². The van der Waals surface area contributed by atoms with Gasteiger partial charge in [-0.15, -0.1) is 0 Å². The number of nitrogens with one attached hydrogen (secondary N) is 1. The number of hydrogen-bond donors (Lipinski definition) is 1. The molecule has 0 saturated heterocycles. The van der Waals surface area contributed by atoms with Crippen molar-refractivity contribution in [3.05, 3.63) is 72.3 Å². The van der Waals surface area contributed by atoms with Crippen LogP contribution < -0.4 is 5.32 Å². The van der Waals surface area contributed by atoms with Crippen molar-refractivity contribution in [1.82, 2.24) is 0 Å². The zero-order valence-electron chi connectivity index (χ0n) is 10.8. The molecule has 0 aliphatic heterocycles. The molecule has 0 unspecified atom stereocenters. The van der Waals surface area contributed by atoms with Gasteiger partial charge in [0.2, 0.25) is 0 Å². The lowest BCUT2D eigenvalue weighted by Gasteiger charge is -2.10. The van der Waals surface area contributed by atoms with Crippen molar-refractivity contribution in [3.63, 3.8) is 0 Å². The third kappa shape index (κ3) is 3.24. The number of benzene rings is 2. The largest absolute Gasteiger partial charge is 0.381 e. The molecule has 2 aromatic rings. The van der Waals surface area contributed by atoms with Crippen LogP contribution in [0.4, 0.5) is 5.69 Å². The van der Waals surface area contributed by atoms with Crippen LogP contribution in [0.2, 0.25) is 0 Å². The van der Waals surface area contributed by atoms with Gasteiger partial charge in [-0.3, -0.25) is 0 Å². The first-order valence-corrected chi connectivity index (χ1v) is 6.35. The van der Waals surface area contributed by atoms with Gasteiger partial charge in [-0.2, -0.15) is 0 Å². The van der Waals surface area contributed by atoms with Crippen LogP contribution in [0.1, 0.15) is 18.1 Å². The second kappa shape index (κ2) is 6.06. The minimum absolute atomic E-state index is 0.775.